The molecule has 79 heavy (non-hydrogen) atoms. The van der Waals surface area contributed by atoms with Crippen LogP contribution in [0.2, 0.25) is 0 Å². The highest BCUT2D eigenvalue weighted by Crippen LogP contribution is 2.45. The number of nitrogens with zero attached hydrogens (tertiary/aromatic N) is 7. The smallest absolute Gasteiger partial charge is 0.309 e. The van der Waals surface area contributed by atoms with Crippen molar-refractivity contribution in [2.24, 2.45) is 23.7 Å². The first-order chi connectivity index (χ1) is 37.2. The van der Waals surface area contributed by atoms with E-state index in [2.05, 4.69) is 15.2 Å². The molecular formula is C57H96FN7O14. The average Bonchev–Trinajstić information content (AvgIpc) is 3.94. The van der Waals surface area contributed by atoms with Crippen molar-refractivity contribution in [3.05, 3.63) is 41.7 Å². The molecule has 4 fully saturated rings. The van der Waals surface area contributed by atoms with Gasteiger partial charge in [-0.25, -0.2) is 9.07 Å². The molecule has 20 atom stereocenters. The fourth-order valence-corrected chi connectivity index (χ4v) is 13.2. The van der Waals surface area contributed by atoms with Crippen molar-refractivity contribution in [1.29, 1.82) is 0 Å². The summed E-state index contributed by atoms with van der Waals surface area (Å²) in [6, 6.07) is 5.80. The van der Waals surface area contributed by atoms with E-state index in [1.165, 1.54) is 25.8 Å². The zero-order valence-electron chi connectivity index (χ0n) is 49.4. The monoisotopic (exact) mass is 1120 g/mol. The minimum absolute atomic E-state index is 0.163. The molecule has 4 aliphatic rings. The van der Waals surface area contributed by atoms with Gasteiger partial charge in [0.1, 0.15) is 55.4 Å². The molecule has 1 amide bonds. The number of benzene rings is 1. The average molecular weight is 1120 g/mol. The number of hydrogen-bond acceptors (Lipinski definition) is 19. The third-order valence-corrected chi connectivity index (χ3v) is 18.2. The number of carbonyl (C=O) groups excluding carboxylic acids is 2. The van der Waals surface area contributed by atoms with E-state index in [9.17, 15) is 40.2 Å². The fraction of sp³-hybridized carbons (Fsp3) is 0.825. The van der Waals surface area contributed by atoms with Gasteiger partial charge in [0.05, 0.1) is 47.2 Å². The van der Waals surface area contributed by atoms with Gasteiger partial charge in [-0.3, -0.25) is 9.59 Å². The van der Waals surface area contributed by atoms with Crippen LogP contribution in [0.3, 0.4) is 0 Å². The number of carbonyl (C=O) groups is 2. The zero-order valence-corrected chi connectivity index (χ0v) is 49.4. The molecule has 6 N–H and O–H groups in total. The van der Waals surface area contributed by atoms with E-state index >= 15 is 4.39 Å². The summed E-state index contributed by atoms with van der Waals surface area (Å²) in [6.45, 7) is 19.6. The molecule has 0 spiro atoms. The number of methoxy groups -OCH3 is 2. The number of halogens is 1. The highest BCUT2D eigenvalue weighted by molar-refractivity contribution is 5.77. The van der Waals surface area contributed by atoms with E-state index in [0.29, 0.717) is 57.8 Å². The van der Waals surface area contributed by atoms with Gasteiger partial charge in [0.15, 0.2) is 6.29 Å². The number of piperazine rings is 1. The normalized spacial score (nSPS) is 38.7. The first kappa shape index (κ1) is 64.7. The van der Waals surface area contributed by atoms with Crippen molar-refractivity contribution in [1.82, 2.24) is 29.7 Å². The van der Waals surface area contributed by atoms with Crippen molar-refractivity contribution in [3.63, 3.8) is 0 Å². The Bertz CT molecular complexity index is 2240. The van der Waals surface area contributed by atoms with Crippen molar-refractivity contribution in [3.8, 4) is 0 Å². The molecule has 0 aliphatic carbocycles. The number of amides is 1. The summed E-state index contributed by atoms with van der Waals surface area (Å²) in [5.41, 5.74) is -2.24. The summed E-state index contributed by atoms with van der Waals surface area (Å²) in [5.74, 6) is -3.59. The summed E-state index contributed by atoms with van der Waals surface area (Å²) < 4.78 is 54.7. The third kappa shape index (κ3) is 14.7. The number of alkyl halides is 1. The number of anilines is 1. The van der Waals surface area contributed by atoms with E-state index < -0.39 is 133 Å². The molecule has 4 aliphatic heterocycles. The maximum Gasteiger partial charge on any atom is 0.309 e. The number of rotatable bonds is 16. The molecule has 4 saturated heterocycles. The number of aliphatic hydroxyl groups excluding tert-OH is 4. The Morgan fingerprint density at radius 3 is 2.22 bits per heavy atom. The molecule has 1 aromatic heterocycles. The van der Waals surface area contributed by atoms with Gasteiger partial charge in [0.25, 0.3) is 0 Å². The predicted molar refractivity (Wildman–Crippen MR) is 293 cm³/mol. The highest BCUT2D eigenvalue weighted by Gasteiger charge is 2.55. The molecule has 0 bridgehead atoms. The largest absolute Gasteiger partial charge is 0.459 e. The summed E-state index contributed by atoms with van der Waals surface area (Å²) in [7, 11) is 6.77. The number of esters is 1. The van der Waals surface area contributed by atoms with Crippen LogP contribution in [-0.4, -0.2) is 237 Å². The molecule has 1 unspecified atom stereocenters. The molecular weight excluding hydrogens is 1030 g/mol. The minimum Gasteiger partial charge on any atom is -0.459 e. The lowest BCUT2D eigenvalue weighted by Crippen LogP contribution is -2.62. The standard InChI is InChI=1S/C57H96FN7O14/c1-15-45-57(10,73)50(69)37(6)62(12)30-33(2)27-55(8,72)52(35(4)47(36(5)53(71)78-45)44-28-56(9,75-14)51(70)38(7)77-44)79-54-48(68)42(26-34(3)76-54)61(11)21-20-40-31-65(60-59-40)43(29-58)49(74-13)39-16-18-41(19-17-39)63-22-24-64(25-23-63)46(67)32-66/h16-19,31,33-38,42-45,47-52,54,66,68-70,72-73H,15,20-30,32H2,1-14H3/t33-,34-,35+,36-,37-,38+,42+,43-,44?,45-,47+,48-,49-,50-,51+,52-,54+,55-,56-,57-/m1/s1. The Hall–Kier alpha value is -3.49. The van der Waals surface area contributed by atoms with Gasteiger partial charge in [0.2, 0.25) is 5.91 Å². The molecule has 6 rings (SSSR count). The maximum atomic E-state index is 15.0. The molecule has 21 nitrogen and oxygen atoms in total. The van der Waals surface area contributed by atoms with Crippen LogP contribution in [0.4, 0.5) is 10.1 Å². The van der Waals surface area contributed by atoms with Crippen LogP contribution in [0, 0.1) is 23.7 Å². The Labute approximate surface area is 467 Å². The van der Waals surface area contributed by atoms with Gasteiger partial charge in [-0.2, -0.15) is 0 Å². The lowest BCUT2D eigenvalue weighted by molar-refractivity contribution is -0.302. The van der Waals surface area contributed by atoms with Crippen LogP contribution in [-0.2, 0) is 44.4 Å². The van der Waals surface area contributed by atoms with Gasteiger partial charge in [-0.05, 0) is 104 Å². The Kier molecular flexibility index (Phi) is 22.3. The summed E-state index contributed by atoms with van der Waals surface area (Å²) in [6.07, 6.45) is -6.45. The summed E-state index contributed by atoms with van der Waals surface area (Å²) >= 11 is 0. The number of aromatic nitrogens is 3. The number of hydrogen-bond donors (Lipinski definition) is 6. The fourth-order valence-electron chi connectivity index (χ4n) is 13.2. The second-order valence-electron chi connectivity index (χ2n) is 24.2. The minimum atomic E-state index is -1.84. The van der Waals surface area contributed by atoms with Crippen LogP contribution in [0.5, 0.6) is 0 Å². The lowest BCUT2D eigenvalue weighted by atomic mass is 9.68. The number of likely N-dealkylation sites (N-methyl/N-ethyl adjacent to an activating group) is 2. The summed E-state index contributed by atoms with van der Waals surface area (Å²) in [5, 5.41) is 78.4. The SMILES string of the molecule is CC[C@H]1OC(=O)[C@H](C)[C@@H](C2C[C@@](C)(OC)[C@@H](O)[C@H](C)O2)[C@H](C)[C@@H](O[C@@H]2O[C@H](C)C[C@H](N(C)CCc3cn([C@H](CF)[C@H](OC)c4ccc(N5CCN(C(=O)CO)CC5)cc4)nn3)[C@H]2O)[C@](C)(O)C[C@@H](C)CN(C)[C@H](C)[C@@H](O)[C@]1(C)O. The van der Waals surface area contributed by atoms with Crippen LogP contribution >= 0.6 is 0 Å². The Balaban J connectivity index is 1.23. The predicted octanol–water partition coefficient (Wildman–Crippen LogP) is 2.92. The second kappa shape index (κ2) is 27.3. The van der Waals surface area contributed by atoms with Gasteiger partial charge in [0, 0.05) is 96.2 Å². The van der Waals surface area contributed by atoms with Crippen molar-refractivity contribution in [2.75, 3.05) is 85.8 Å². The molecule has 0 radical (unpaired) electrons. The number of cyclic esters (lactones) is 1. The number of ether oxygens (including phenoxy) is 6. The van der Waals surface area contributed by atoms with E-state index in [4.69, 9.17) is 28.4 Å². The van der Waals surface area contributed by atoms with Crippen LogP contribution < -0.4 is 4.90 Å². The van der Waals surface area contributed by atoms with Crippen molar-refractivity contribution in [2.45, 2.75) is 197 Å². The van der Waals surface area contributed by atoms with Gasteiger partial charge < -0.3 is 78.7 Å². The summed E-state index contributed by atoms with van der Waals surface area (Å²) in [4.78, 5) is 34.4. The zero-order chi connectivity index (χ0) is 58.5. The van der Waals surface area contributed by atoms with Gasteiger partial charge in [-0.1, -0.05) is 45.0 Å². The maximum absolute atomic E-state index is 15.0. The quantitative estimate of drug-likeness (QED) is 0.132. The van der Waals surface area contributed by atoms with Crippen LogP contribution in [0.1, 0.15) is 118 Å². The highest BCUT2D eigenvalue weighted by atomic mass is 19.1. The topological polar surface area (TPSA) is 255 Å². The Morgan fingerprint density at radius 2 is 1.62 bits per heavy atom. The first-order valence-corrected chi connectivity index (χ1v) is 28.5. The van der Waals surface area contributed by atoms with E-state index in [1.54, 1.807) is 52.6 Å². The first-order valence-electron chi connectivity index (χ1n) is 28.5. The number of aliphatic hydroxyl groups is 6. The molecule has 450 valence electrons. The van der Waals surface area contributed by atoms with Gasteiger partial charge >= 0.3 is 5.97 Å². The van der Waals surface area contributed by atoms with Crippen LogP contribution in [0.25, 0.3) is 0 Å². The molecule has 1 aromatic carbocycles. The molecule has 2 aromatic rings. The van der Waals surface area contributed by atoms with E-state index in [0.717, 1.165) is 11.3 Å². The van der Waals surface area contributed by atoms with E-state index in [-0.39, 0.29) is 31.1 Å². The Morgan fingerprint density at radius 1 is 0.962 bits per heavy atom. The third-order valence-electron chi connectivity index (χ3n) is 18.2. The van der Waals surface area contributed by atoms with Crippen molar-refractivity contribution >= 4 is 17.6 Å². The van der Waals surface area contributed by atoms with Crippen molar-refractivity contribution < 1.29 is 73.0 Å². The molecule has 22 heteroatoms. The van der Waals surface area contributed by atoms with Crippen LogP contribution in [0.15, 0.2) is 30.5 Å². The van der Waals surface area contributed by atoms with Gasteiger partial charge in [-0.15, -0.1) is 5.10 Å². The molecule has 5 heterocycles. The second-order valence-corrected chi connectivity index (χ2v) is 24.2. The lowest BCUT2D eigenvalue weighted by Gasteiger charge is -2.51. The molecule has 0 saturated carbocycles. The van der Waals surface area contributed by atoms with E-state index in [1.807, 2.05) is 68.9 Å².